The molecule has 0 bridgehead atoms. The fourth-order valence-electron chi connectivity index (χ4n) is 2.22. The van der Waals surface area contributed by atoms with Crippen molar-refractivity contribution in [3.8, 4) is 0 Å². The van der Waals surface area contributed by atoms with Crippen LogP contribution in [0.4, 0.5) is 0 Å². The minimum atomic E-state index is -0.105. The van der Waals surface area contributed by atoms with Crippen LogP contribution in [0.5, 0.6) is 0 Å². The Bertz CT molecular complexity index is 956. The van der Waals surface area contributed by atoms with Gasteiger partial charge in [0.25, 0.3) is 5.56 Å². The summed E-state index contributed by atoms with van der Waals surface area (Å²) in [5.74, 6) is 0.598. The van der Waals surface area contributed by atoms with E-state index in [1.54, 1.807) is 24.5 Å². The molecule has 0 spiro atoms. The largest absolute Gasteiger partial charge is 0.283 e. The van der Waals surface area contributed by atoms with E-state index < -0.39 is 0 Å². The number of hydrogen-bond donors (Lipinski definition) is 0. The van der Waals surface area contributed by atoms with E-state index in [2.05, 4.69) is 32.7 Å². The molecule has 3 rings (SSSR count). The predicted octanol–water partition coefficient (Wildman–Crippen LogP) is 3.87. The first-order chi connectivity index (χ1) is 10.5. The van der Waals surface area contributed by atoms with Crippen molar-refractivity contribution in [1.29, 1.82) is 0 Å². The van der Waals surface area contributed by atoms with Crippen molar-refractivity contribution >= 4 is 50.4 Å². The summed E-state index contributed by atoms with van der Waals surface area (Å²) in [6.07, 6.45) is 1.71. The van der Waals surface area contributed by atoms with Crippen molar-refractivity contribution in [2.24, 2.45) is 5.10 Å². The number of nitrogens with zero attached hydrogens (tertiary/aromatic N) is 3. The average molecular weight is 423 g/mol. The van der Waals surface area contributed by atoms with Crippen LogP contribution >= 0.6 is 33.9 Å². The molecule has 0 aliphatic rings. The van der Waals surface area contributed by atoms with E-state index in [4.69, 9.17) is 0 Å². The quantitative estimate of drug-likeness (QED) is 0.464. The molecule has 22 heavy (non-hydrogen) atoms. The molecule has 0 saturated carbocycles. The van der Waals surface area contributed by atoms with Crippen LogP contribution in [0, 0.1) is 24.3 Å². The Labute approximate surface area is 145 Å². The van der Waals surface area contributed by atoms with Gasteiger partial charge in [-0.1, -0.05) is 18.2 Å². The number of fused-ring (bicyclic) bond motifs is 1. The lowest BCUT2D eigenvalue weighted by Gasteiger charge is -2.04. The zero-order chi connectivity index (χ0) is 15.9. The van der Waals surface area contributed by atoms with E-state index in [9.17, 15) is 4.79 Å². The van der Waals surface area contributed by atoms with Gasteiger partial charge in [0.1, 0.15) is 10.7 Å². The number of halogens is 1. The lowest BCUT2D eigenvalue weighted by molar-refractivity contribution is 0.772. The standard InChI is InChI=1S/C16H14IN3OS/c1-9-10(2)22-15-14(9)16(21)20(11(3)19-15)18-8-12-6-4-5-7-13(12)17/h4-8H,1-3H3. The zero-order valence-electron chi connectivity index (χ0n) is 12.4. The van der Waals surface area contributed by atoms with Gasteiger partial charge in [0, 0.05) is 14.0 Å². The molecule has 112 valence electrons. The van der Waals surface area contributed by atoms with Crippen LogP contribution < -0.4 is 5.56 Å². The van der Waals surface area contributed by atoms with Crippen molar-refractivity contribution in [3.05, 3.63) is 60.0 Å². The van der Waals surface area contributed by atoms with Gasteiger partial charge in [-0.05, 0) is 55.0 Å². The SMILES string of the molecule is Cc1sc2nc(C)n(N=Cc3ccccc3I)c(=O)c2c1C. The lowest BCUT2D eigenvalue weighted by Crippen LogP contribution is -2.20. The lowest BCUT2D eigenvalue weighted by atomic mass is 10.2. The van der Waals surface area contributed by atoms with E-state index in [1.165, 1.54) is 4.68 Å². The molecule has 0 N–H and O–H groups in total. The highest BCUT2D eigenvalue weighted by molar-refractivity contribution is 14.1. The van der Waals surface area contributed by atoms with Crippen LogP contribution in [0.25, 0.3) is 10.2 Å². The molecule has 0 aliphatic heterocycles. The molecule has 2 aromatic heterocycles. The Balaban J connectivity index is 2.17. The minimum Gasteiger partial charge on any atom is -0.267 e. The smallest absolute Gasteiger partial charge is 0.267 e. The number of aromatic nitrogens is 2. The average Bonchev–Trinajstić information content (AvgIpc) is 2.75. The molecule has 0 saturated heterocycles. The van der Waals surface area contributed by atoms with Gasteiger partial charge < -0.3 is 0 Å². The second-order valence-corrected chi connectivity index (χ2v) is 7.37. The Hall–Kier alpha value is -1.54. The summed E-state index contributed by atoms with van der Waals surface area (Å²) >= 11 is 3.81. The van der Waals surface area contributed by atoms with E-state index in [0.29, 0.717) is 11.2 Å². The minimum absolute atomic E-state index is 0.105. The maximum absolute atomic E-state index is 12.7. The molecular weight excluding hydrogens is 409 g/mol. The third kappa shape index (κ3) is 2.61. The fraction of sp³-hybridized carbons (Fsp3) is 0.188. The summed E-state index contributed by atoms with van der Waals surface area (Å²) < 4.78 is 2.47. The maximum atomic E-state index is 12.7. The summed E-state index contributed by atoms with van der Waals surface area (Å²) in [6, 6.07) is 7.90. The highest BCUT2D eigenvalue weighted by Crippen LogP contribution is 2.26. The molecule has 0 unspecified atom stereocenters. The summed E-state index contributed by atoms with van der Waals surface area (Å²) in [4.78, 5) is 19.1. The van der Waals surface area contributed by atoms with E-state index in [0.717, 1.165) is 24.4 Å². The maximum Gasteiger partial charge on any atom is 0.283 e. The normalized spacial score (nSPS) is 11.6. The van der Waals surface area contributed by atoms with Crippen molar-refractivity contribution in [2.75, 3.05) is 0 Å². The van der Waals surface area contributed by atoms with Crippen molar-refractivity contribution in [3.63, 3.8) is 0 Å². The van der Waals surface area contributed by atoms with Gasteiger partial charge >= 0.3 is 0 Å². The summed E-state index contributed by atoms with van der Waals surface area (Å²) in [5.41, 5.74) is 1.87. The Morgan fingerprint density at radius 3 is 2.73 bits per heavy atom. The number of hydrogen-bond acceptors (Lipinski definition) is 4. The van der Waals surface area contributed by atoms with Crippen molar-refractivity contribution < 1.29 is 0 Å². The van der Waals surface area contributed by atoms with Crippen LogP contribution in [-0.4, -0.2) is 15.9 Å². The van der Waals surface area contributed by atoms with Crippen LogP contribution in [0.1, 0.15) is 21.8 Å². The number of rotatable bonds is 2. The molecule has 2 heterocycles. The molecule has 4 nitrogen and oxygen atoms in total. The Kier molecular flexibility index (Phi) is 4.14. The van der Waals surface area contributed by atoms with Gasteiger partial charge in [0.15, 0.2) is 0 Å². The topological polar surface area (TPSA) is 47.2 Å². The van der Waals surface area contributed by atoms with Gasteiger partial charge in [0.2, 0.25) is 0 Å². The monoisotopic (exact) mass is 423 g/mol. The number of aryl methyl sites for hydroxylation is 3. The fourth-order valence-corrected chi connectivity index (χ4v) is 3.81. The first-order valence-corrected chi connectivity index (χ1v) is 8.67. The van der Waals surface area contributed by atoms with Crippen molar-refractivity contribution in [2.45, 2.75) is 20.8 Å². The molecule has 0 aliphatic carbocycles. The second-order valence-electron chi connectivity index (χ2n) is 5.01. The third-order valence-electron chi connectivity index (χ3n) is 3.56. The van der Waals surface area contributed by atoms with Crippen LogP contribution in [-0.2, 0) is 0 Å². The van der Waals surface area contributed by atoms with E-state index in [1.807, 2.05) is 38.1 Å². The molecule has 3 aromatic rings. The molecule has 0 atom stereocenters. The van der Waals surface area contributed by atoms with Gasteiger partial charge in [-0.3, -0.25) is 4.79 Å². The van der Waals surface area contributed by atoms with Gasteiger partial charge in [-0.15, -0.1) is 11.3 Å². The van der Waals surface area contributed by atoms with Gasteiger partial charge in [-0.25, -0.2) is 4.98 Å². The highest BCUT2D eigenvalue weighted by atomic mass is 127. The first kappa shape index (κ1) is 15.4. The number of thiophene rings is 1. The zero-order valence-corrected chi connectivity index (χ0v) is 15.4. The third-order valence-corrected chi connectivity index (χ3v) is 5.64. The first-order valence-electron chi connectivity index (χ1n) is 6.77. The molecule has 6 heteroatoms. The molecule has 0 amide bonds. The van der Waals surface area contributed by atoms with Crippen molar-refractivity contribution in [1.82, 2.24) is 9.66 Å². The van der Waals surface area contributed by atoms with E-state index in [-0.39, 0.29) is 5.56 Å². The molecule has 1 aromatic carbocycles. The summed E-state index contributed by atoms with van der Waals surface area (Å²) in [6.45, 7) is 5.77. The van der Waals surface area contributed by atoms with Gasteiger partial charge in [-0.2, -0.15) is 9.78 Å². The molecule has 0 radical (unpaired) electrons. The highest BCUT2D eigenvalue weighted by Gasteiger charge is 2.14. The number of benzene rings is 1. The molecule has 0 fully saturated rings. The predicted molar refractivity (Wildman–Crippen MR) is 100 cm³/mol. The Morgan fingerprint density at radius 1 is 1.27 bits per heavy atom. The van der Waals surface area contributed by atoms with Crippen LogP contribution in [0.2, 0.25) is 0 Å². The van der Waals surface area contributed by atoms with Crippen LogP contribution in [0.3, 0.4) is 0 Å². The van der Waals surface area contributed by atoms with Gasteiger partial charge in [0.05, 0.1) is 11.6 Å². The van der Waals surface area contributed by atoms with Crippen LogP contribution in [0.15, 0.2) is 34.2 Å². The summed E-state index contributed by atoms with van der Waals surface area (Å²) in [7, 11) is 0. The molecular formula is C16H14IN3OS. The van der Waals surface area contributed by atoms with E-state index >= 15 is 0 Å². The Morgan fingerprint density at radius 2 is 2.00 bits per heavy atom. The second kappa shape index (κ2) is 5.92. The summed E-state index contributed by atoms with van der Waals surface area (Å²) in [5, 5.41) is 5.03.